The Morgan fingerprint density at radius 3 is 2.66 bits per heavy atom. The Balaban J connectivity index is 1.47. The van der Waals surface area contributed by atoms with Crippen LogP contribution in [0, 0.1) is 17.0 Å². The fraction of sp³-hybridized carbons (Fsp3) is 0.360. The number of hydrogen-bond acceptors (Lipinski definition) is 7. The van der Waals surface area contributed by atoms with Gasteiger partial charge in [0, 0.05) is 36.8 Å². The maximum Gasteiger partial charge on any atom is 0.165 e. The van der Waals surface area contributed by atoms with Crippen LogP contribution in [-0.2, 0) is 6.54 Å². The van der Waals surface area contributed by atoms with Crippen LogP contribution >= 0.6 is 0 Å². The fourth-order valence-corrected chi connectivity index (χ4v) is 4.63. The number of anilines is 1. The minimum Gasteiger partial charge on any atom is -0.396 e. The molecule has 0 aliphatic carbocycles. The molecule has 182 valence electrons. The second-order valence-electron chi connectivity index (χ2n) is 9.39. The van der Waals surface area contributed by atoms with Gasteiger partial charge in [-0.15, -0.1) is 0 Å². The van der Waals surface area contributed by atoms with Crippen LogP contribution in [0.15, 0.2) is 36.7 Å². The van der Waals surface area contributed by atoms with Crippen molar-refractivity contribution in [3.63, 3.8) is 0 Å². The molecule has 1 aromatic carbocycles. The summed E-state index contributed by atoms with van der Waals surface area (Å²) >= 11 is 0. The monoisotopic (exact) mass is 479 g/mol. The Kier molecular flexibility index (Phi) is 6.16. The summed E-state index contributed by atoms with van der Waals surface area (Å²) in [5.74, 6) is -0.662. The molecule has 0 bridgehead atoms. The first-order chi connectivity index (χ1) is 16.9. The second-order valence-corrected chi connectivity index (χ2v) is 9.39. The molecule has 1 atom stereocenters. The molecule has 1 fully saturated rings. The molecular formula is C25H27F2N7O. The minimum atomic E-state index is -0.720. The van der Waals surface area contributed by atoms with E-state index in [9.17, 15) is 13.9 Å². The molecule has 8 nitrogen and oxygen atoms in total. The number of pyridine rings is 1. The van der Waals surface area contributed by atoms with E-state index in [1.807, 2.05) is 12.1 Å². The Morgan fingerprint density at radius 1 is 1.17 bits per heavy atom. The van der Waals surface area contributed by atoms with Crippen molar-refractivity contribution in [3.8, 4) is 22.6 Å². The number of H-pyrrole nitrogens is 1. The Morgan fingerprint density at radius 2 is 1.97 bits per heavy atom. The van der Waals surface area contributed by atoms with E-state index in [1.165, 1.54) is 18.3 Å². The van der Waals surface area contributed by atoms with Crippen LogP contribution in [0.25, 0.3) is 33.7 Å². The molecule has 4 aromatic rings. The first kappa shape index (κ1) is 23.3. The highest BCUT2D eigenvalue weighted by Crippen LogP contribution is 2.33. The zero-order valence-electron chi connectivity index (χ0n) is 19.6. The second kappa shape index (κ2) is 9.27. The van der Waals surface area contributed by atoms with Gasteiger partial charge < -0.3 is 15.3 Å². The fourth-order valence-electron chi connectivity index (χ4n) is 4.63. The number of aliphatic hydroxyl groups excluding tert-OH is 1. The van der Waals surface area contributed by atoms with Crippen molar-refractivity contribution in [1.29, 1.82) is 0 Å². The van der Waals surface area contributed by atoms with Crippen LogP contribution in [0.3, 0.4) is 0 Å². The van der Waals surface area contributed by atoms with Gasteiger partial charge in [0.15, 0.2) is 5.82 Å². The van der Waals surface area contributed by atoms with E-state index < -0.39 is 11.6 Å². The van der Waals surface area contributed by atoms with Crippen molar-refractivity contribution in [3.05, 3.63) is 53.9 Å². The number of piperidine rings is 1. The van der Waals surface area contributed by atoms with E-state index in [1.54, 1.807) is 13.2 Å². The zero-order chi connectivity index (χ0) is 24.6. The van der Waals surface area contributed by atoms with Crippen molar-refractivity contribution in [2.75, 3.05) is 31.6 Å². The molecule has 1 unspecified atom stereocenters. The normalized spacial score (nSPS) is 18.4. The number of fused-ring (bicyclic) bond motifs is 1. The van der Waals surface area contributed by atoms with Gasteiger partial charge in [-0.3, -0.25) is 5.10 Å². The number of benzene rings is 1. The highest BCUT2D eigenvalue weighted by molar-refractivity contribution is 5.90. The van der Waals surface area contributed by atoms with Crippen LogP contribution in [0.5, 0.6) is 0 Å². The predicted octanol–water partition coefficient (Wildman–Crippen LogP) is 3.68. The number of nitrogens with zero attached hydrogens (tertiary/aromatic N) is 5. The molecule has 1 saturated heterocycles. The summed E-state index contributed by atoms with van der Waals surface area (Å²) in [5.41, 5.74) is 2.33. The van der Waals surface area contributed by atoms with Crippen LogP contribution < -0.4 is 10.2 Å². The number of aliphatic hydroxyl groups is 1. The molecule has 0 saturated carbocycles. The SMILES string of the molecule is CNCc1cc(F)c(-c2ncc3[nH]nc(-c4ccc(N5CCCC(C)(CO)C5)nc4)c3n2)c(F)c1. The number of aromatic nitrogens is 5. The molecule has 4 heterocycles. The third-order valence-corrected chi connectivity index (χ3v) is 6.52. The van der Waals surface area contributed by atoms with E-state index in [-0.39, 0.29) is 23.4 Å². The smallest absolute Gasteiger partial charge is 0.165 e. The molecule has 10 heteroatoms. The molecule has 0 spiro atoms. The highest BCUT2D eigenvalue weighted by atomic mass is 19.1. The van der Waals surface area contributed by atoms with Gasteiger partial charge in [0.25, 0.3) is 0 Å². The molecular weight excluding hydrogens is 452 g/mol. The number of hydrogen-bond donors (Lipinski definition) is 3. The minimum absolute atomic E-state index is 0.0488. The number of halogens is 2. The van der Waals surface area contributed by atoms with Gasteiger partial charge in [0.1, 0.15) is 34.2 Å². The maximum absolute atomic E-state index is 14.8. The van der Waals surface area contributed by atoms with Crippen LogP contribution in [0.4, 0.5) is 14.6 Å². The average molecular weight is 480 g/mol. The lowest BCUT2D eigenvalue weighted by molar-refractivity contribution is 0.123. The van der Waals surface area contributed by atoms with Gasteiger partial charge in [-0.2, -0.15) is 5.10 Å². The summed E-state index contributed by atoms with van der Waals surface area (Å²) in [5, 5.41) is 19.9. The third-order valence-electron chi connectivity index (χ3n) is 6.52. The van der Waals surface area contributed by atoms with Gasteiger partial charge in [-0.1, -0.05) is 6.92 Å². The van der Waals surface area contributed by atoms with Crippen molar-refractivity contribution in [1.82, 2.24) is 30.5 Å². The first-order valence-corrected chi connectivity index (χ1v) is 11.6. The Labute approximate surface area is 201 Å². The number of rotatable bonds is 6. The van der Waals surface area contributed by atoms with Gasteiger partial charge in [-0.05, 0) is 49.7 Å². The molecule has 5 rings (SSSR count). The summed E-state index contributed by atoms with van der Waals surface area (Å²) in [6.45, 7) is 4.19. The summed E-state index contributed by atoms with van der Waals surface area (Å²) in [7, 11) is 1.71. The van der Waals surface area contributed by atoms with E-state index in [0.717, 1.165) is 37.3 Å². The Bertz CT molecular complexity index is 1330. The van der Waals surface area contributed by atoms with Gasteiger partial charge in [0.05, 0.1) is 18.4 Å². The predicted molar refractivity (Wildman–Crippen MR) is 130 cm³/mol. The van der Waals surface area contributed by atoms with Gasteiger partial charge in [0.2, 0.25) is 0 Å². The standard InChI is InChI=1S/C25H27F2N7O/c1-25(14-35)6-3-7-34(13-25)20-5-4-16(11-29-20)22-23-19(32-33-22)12-30-24(31-23)21-17(26)8-15(10-28-2)9-18(21)27/h4-5,8-9,11-12,28,35H,3,6-7,10,13-14H2,1-2H3,(H,32,33). The zero-order valence-corrected chi connectivity index (χ0v) is 19.6. The van der Waals surface area contributed by atoms with E-state index >= 15 is 0 Å². The van der Waals surface area contributed by atoms with Crippen molar-refractivity contribution in [2.24, 2.45) is 5.41 Å². The lowest BCUT2D eigenvalue weighted by Crippen LogP contribution is -2.44. The molecule has 3 aromatic heterocycles. The maximum atomic E-state index is 14.8. The Hall–Kier alpha value is -3.50. The van der Waals surface area contributed by atoms with Crippen molar-refractivity contribution >= 4 is 16.9 Å². The van der Waals surface area contributed by atoms with Gasteiger partial charge >= 0.3 is 0 Å². The summed E-state index contributed by atoms with van der Waals surface area (Å²) in [6, 6.07) is 6.38. The first-order valence-electron chi connectivity index (χ1n) is 11.6. The lowest BCUT2D eigenvalue weighted by Gasteiger charge is -2.40. The molecule has 3 N–H and O–H groups in total. The van der Waals surface area contributed by atoms with E-state index in [4.69, 9.17) is 0 Å². The number of aromatic amines is 1. The molecule has 0 radical (unpaired) electrons. The highest BCUT2D eigenvalue weighted by Gasteiger charge is 2.31. The molecule has 1 aliphatic rings. The largest absolute Gasteiger partial charge is 0.396 e. The quantitative estimate of drug-likeness (QED) is 0.388. The van der Waals surface area contributed by atoms with E-state index in [0.29, 0.717) is 28.8 Å². The molecule has 35 heavy (non-hydrogen) atoms. The summed E-state index contributed by atoms with van der Waals surface area (Å²) < 4.78 is 29.5. The molecule has 0 amide bonds. The summed E-state index contributed by atoms with van der Waals surface area (Å²) in [6.07, 6.45) is 5.16. The van der Waals surface area contributed by atoms with Crippen LogP contribution in [0.1, 0.15) is 25.3 Å². The summed E-state index contributed by atoms with van der Waals surface area (Å²) in [4.78, 5) is 15.4. The third kappa shape index (κ3) is 4.46. The average Bonchev–Trinajstić information content (AvgIpc) is 3.27. The lowest BCUT2D eigenvalue weighted by atomic mass is 9.83. The number of nitrogens with one attached hydrogen (secondary N) is 2. The van der Waals surface area contributed by atoms with Crippen LogP contribution in [0.2, 0.25) is 0 Å². The molecule has 1 aliphatic heterocycles. The van der Waals surface area contributed by atoms with Crippen molar-refractivity contribution < 1.29 is 13.9 Å². The van der Waals surface area contributed by atoms with Crippen LogP contribution in [-0.4, -0.2) is 57.0 Å². The van der Waals surface area contributed by atoms with Crippen molar-refractivity contribution in [2.45, 2.75) is 26.3 Å². The van der Waals surface area contributed by atoms with Gasteiger partial charge in [-0.25, -0.2) is 23.7 Å². The topological polar surface area (TPSA) is 103 Å². The van der Waals surface area contributed by atoms with E-state index in [2.05, 4.69) is 42.3 Å².